The molecule has 0 spiro atoms. The first kappa shape index (κ1) is 12.4. The number of aromatic nitrogens is 1. The Bertz CT molecular complexity index is 665. The fourth-order valence-electron chi connectivity index (χ4n) is 2.31. The van der Waals surface area contributed by atoms with E-state index in [1.807, 2.05) is 42.5 Å². The summed E-state index contributed by atoms with van der Waals surface area (Å²) in [5.74, 6) is -0.822. The first-order valence-corrected chi connectivity index (χ1v) is 6.44. The summed E-state index contributed by atoms with van der Waals surface area (Å²) in [7, 11) is 0. The van der Waals surface area contributed by atoms with Gasteiger partial charge in [-0.1, -0.05) is 24.3 Å². The molecule has 4 heteroatoms. The molecule has 0 saturated heterocycles. The van der Waals surface area contributed by atoms with Gasteiger partial charge in [0.05, 0.1) is 5.69 Å². The Kier molecular flexibility index (Phi) is 3.21. The third-order valence-electron chi connectivity index (χ3n) is 3.37. The minimum absolute atomic E-state index is 0.501. The second-order valence-electron chi connectivity index (χ2n) is 4.73. The quantitative estimate of drug-likeness (QED) is 0.896. The van der Waals surface area contributed by atoms with Gasteiger partial charge in [-0.05, 0) is 29.3 Å². The van der Waals surface area contributed by atoms with Crippen molar-refractivity contribution in [2.45, 2.75) is 12.5 Å². The molecule has 4 nitrogen and oxygen atoms in total. The first-order valence-electron chi connectivity index (χ1n) is 6.44. The number of hydrogen-bond acceptors (Lipinski definition) is 3. The Hall–Kier alpha value is -2.62. The lowest BCUT2D eigenvalue weighted by Crippen LogP contribution is -2.28. The molecule has 1 aromatic carbocycles. The molecule has 2 N–H and O–H groups in total. The highest BCUT2D eigenvalue weighted by atomic mass is 16.4. The van der Waals surface area contributed by atoms with Crippen LogP contribution < -0.4 is 5.32 Å². The number of carbonyl (C=O) groups is 1. The number of rotatable bonds is 3. The molecule has 0 saturated carbocycles. The molecule has 1 aromatic heterocycles. The van der Waals surface area contributed by atoms with E-state index < -0.39 is 12.0 Å². The lowest BCUT2D eigenvalue weighted by molar-refractivity contribution is -0.138. The van der Waals surface area contributed by atoms with Gasteiger partial charge in [-0.2, -0.15) is 0 Å². The van der Waals surface area contributed by atoms with Crippen LogP contribution in [0, 0.1) is 0 Å². The molecular formula is C16H14N2O2. The highest BCUT2D eigenvalue weighted by Gasteiger charge is 2.23. The van der Waals surface area contributed by atoms with Crippen LogP contribution in [-0.4, -0.2) is 22.1 Å². The maximum absolute atomic E-state index is 11.0. The summed E-state index contributed by atoms with van der Waals surface area (Å²) in [6.45, 7) is 0. The highest BCUT2D eigenvalue weighted by Crippen LogP contribution is 2.27. The summed E-state index contributed by atoms with van der Waals surface area (Å²) in [5, 5.41) is 11.9. The molecule has 20 heavy (non-hydrogen) atoms. The summed E-state index contributed by atoms with van der Waals surface area (Å²) >= 11 is 0. The van der Waals surface area contributed by atoms with Crippen LogP contribution in [0.1, 0.15) is 12.0 Å². The zero-order valence-corrected chi connectivity index (χ0v) is 10.8. The van der Waals surface area contributed by atoms with Crippen LogP contribution >= 0.6 is 0 Å². The number of aliphatic carboxylic acids is 1. The summed E-state index contributed by atoms with van der Waals surface area (Å²) in [5.41, 5.74) is 3.98. The smallest absolute Gasteiger partial charge is 0.326 e. The van der Waals surface area contributed by atoms with Gasteiger partial charge in [0.2, 0.25) is 0 Å². The zero-order valence-electron chi connectivity index (χ0n) is 10.8. The van der Waals surface area contributed by atoms with E-state index >= 15 is 0 Å². The first-order chi connectivity index (χ1) is 9.74. The molecule has 3 rings (SSSR count). The van der Waals surface area contributed by atoms with Gasteiger partial charge in [0.25, 0.3) is 0 Å². The predicted octanol–water partition coefficient (Wildman–Crippen LogP) is 2.54. The summed E-state index contributed by atoms with van der Waals surface area (Å²) in [6.07, 6.45) is 4.05. The van der Waals surface area contributed by atoms with Gasteiger partial charge in [-0.3, -0.25) is 4.98 Å². The van der Waals surface area contributed by atoms with Crippen molar-refractivity contribution in [1.29, 1.82) is 0 Å². The Morgan fingerprint density at radius 2 is 2.05 bits per heavy atom. The topological polar surface area (TPSA) is 62.2 Å². The van der Waals surface area contributed by atoms with Crippen molar-refractivity contribution in [2.24, 2.45) is 0 Å². The molecule has 0 bridgehead atoms. The molecular weight excluding hydrogens is 252 g/mol. The minimum Gasteiger partial charge on any atom is -0.480 e. The van der Waals surface area contributed by atoms with Crippen molar-refractivity contribution < 1.29 is 9.90 Å². The van der Waals surface area contributed by atoms with E-state index in [-0.39, 0.29) is 0 Å². The van der Waals surface area contributed by atoms with E-state index in [0.717, 1.165) is 22.4 Å². The summed E-state index contributed by atoms with van der Waals surface area (Å²) < 4.78 is 0. The molecule has 0 fully saturated rings. The van der Waals surface area contributed by atoms with Gasteiger partial charge >= 0.3 is 5.97 Å². The number of nitrogens with one attached hydrogen (secondary N) is 1. The molecule has 0 aliphatic carbocycles. The van der Waals surface area contributed by atoms with Crippen LogP contribution in [-0.2, 0) is 4.79 Å². The number of hydrogen-bond donors (Lipinski definition) is 2. The van der Waals surface area contributed by atoms with Crippen LogP contribution in [0.25, 0.3) is 16.8 Å². The Morgan fingerprint density at radius 3 is 2.75 bits per heavy atom. The van der Waals surface area contributed by atoms with Crippen LogP contribution in [0.4, 0.5) is 0 Å². The lowest BCUT2D eigenvalue weighted by atomic mass is 9.99. The van der Waals surface area contributed by atoms with Gasteiger partial charge < -0.3 is 10.4 Å². The van der Waals surface area contributed by atoms with Crippen molar-refractivity contribution in [2.75, 3.05) is 0 Å². The van der Waals surface area contributed by atoms with Crippen LogP contribution in [0.5, 0.6) is 0 Å². The van der Waals surface area contributed by atoms with Crippen LogP contribution in [0.15, 0.2) is 54.9 Å². The monoisotopic (exact) mass is 266 g/mol. The van der Waals surface area contributed by atoms with Crippen LogP contribution in [0.3, 0.4) is 0 Å². The normalized spacial score (nSPS) is 17.4. The third kappa shape index (κ3) is 2.40. The minimum atomic E-state index is -0.822. The SMILES string of the molecule is O=C(O)C1CC(c2cccc(-c3ccccn3)c2)=CN1. The number of carboxylic acid groups (broad SMARTS) is 1. The maximum atomic E-state index is 11.0. The number of nitrogens with zero attached hydrogens (tertiary/aromatic N) is 1. The van der Waals surface area contributed by atoms with E-state index in [2.05, 4.69) is 10.3 Å². The molecule has 2 aromatic rings. The molecule has 1 unspecified atom stereocenters. The van der Waals surface area contributed by atoms with E-state index in [0.29, 0.717) is 6.42 Å². The second kappa shape index (κ2) is 5.17. The van der Waals surface area contributed by atoms with Gasteiger partial charge in [0.15, 0.2) is 0 Å². The third-order valence-corrected chi connectivity index (χ3v) is 3.37. The van der Waals surface area contributed by atoms with E-state index in [4.69, 9.17) is 5.11 Å². The van der Waals surface area contributed by atoms with Gasteiger partial charge in [0.1, 0.15) is 6.04 Å². The van der Waals surface area contributed by atoms with E-state index in [1.54, 1.807) is 12.4 Å². The number of benzene rings is 1. The highest BCUT2D eigenvalue weighted by molar-refractivity contribution is 5.81. The largest absolute Gasteiger partial charge is 0.480 e. The molecule has 0 radical (unpaired) electrons. The van der Waals surface area contributed by atoms with Crippen molar-refractivity contribution in [3.05, 3.63) is 60.4 Å². The van der Waals surface area contributed by atoms with Gasteiger partial charge in [-0.25, -0.2) is 4.79 Å². The molecule has 2 heterocycles. The van der Waals surface area contributed by atoms with Gasteiger partial charge in [0, 0.05) is 24.4 Å². The van der Waals surface area contributed by atoms with Crippen molar-refractivity contribution in [3.8, 4) is 11.3 Å². The van der Waals surface area contributed by atoms with E-state index in [1.165, 1.54) is 0 Å². The number of pyridine rings is 1. The summed E-state index contributed by atoms with van der Waals surface area (Å²) in [4.78, 5) is 15.3. The Morgan fingerprint density at radius 1 is 1.20 bits per heavy atom. The fraction of sp³-hybridized carbons (Fsp3) is 0.125. The fourth-order valence-corrected chi connectivity index (χ4v) is 2.31. The lowest BCUT2D eigenvalue weighted by Gasteiger charge is -2.07. The zero-order chi connectivity index (χ0) is 13.9. The second-order valence-corrected chi connectivity index (χ2v) is 4.73. The Labute approximate surface area is 116 Å². The molecule has 100 valence electrons. The average Bonchev–Trinajstić information content (AvgIpc) is 2.98. The molecule has 1 aliphatic rings. The Balaban J connectivity index is 1.88. The molecule has 1 atom stereocenters. The summed E-state index contributed by atoms with van der Waals surface area (Å²) in [6, 6.07) is 13.3. The van der Waals surface area contributed by atoms with Crippen molar-refractivity contribution in [1.82, 2.24) is 10.3 Å². The predicted molar refractivity (Wildman–Crippen MR) is 76.8 cm³/mol. The molecule has 1 aliphatic heterocycles. The maximum Gasteiger partial charge on any atom is 0.326 e. The van der Waals surface area contributed by atoms with Crippen LogP contribution in [0.2, 0.25) is 0 Å². The van der Waals surface area contributed by atoms with Crippen molar-refractivity contribution >= 4 is 11.5 Å². The number of carboxylic acids is 1. The average molecular weight is 266 g/mol. The standard InChI is InChI=1S/C16H14N2O2/c19-16(20)15-9-13(10-18-15)11-4-3-5-12(8-11)14-6-1-2-7-17-14/h1-8,10,15,18H,9H2,(H,19,20). The van der Waals surface area contributed by atoms with Gasteiger partial charge in [-0.15, -0.1) is 0 Å². The van der Waals surface area contributed by atoms with E-state index in [9.17, 15) is 4.79 Å². The van der Waals surface area contributed by atoms with Crippen molar-refractivity contribution in [3.63, 3.8) is 0 Å². The molecule has 0 amide bonds.